The molecule has 0 saturated heterocycles. The zero-order valence-electron chi connectivity index (χ0n) is 9.94. The van der Waals surface area contributed by atoms with Crippen molar-refractivity contribution in [1.29, 1.82) is 0 Å². The Morgan fingerprint density at radius 1 is 1.42 bits per heavy atom. The van der Waals surface area contributed by atoms with Crippen LogP contribution in [0, 0.1) is 11.6 Å². The van der Waals surface area contributed by atoms with Crippen molar-refractivity contribution in [2.24, 2.45) is 0 Å². The van der Waals surface area contributed by atoms with Gasteiger partial charge in [0, 0.05) is 18.9 Å². The molecule has 0 unspecified atom stereocenters. The van der Waals surface area contributed by atoms with Gasteiger partial charge in [0.05, 0.1) is 12.2 Å². The number of amides is 1. The summed E-state index contributed by atoms with van der Waals surface area (Å²) in [6.45, 7) is 0.610. The molecule has 5 nitrogen and oxygen atoms in total. The number of benzene rings is 1. The molecule has 0 bridgehead atoms. The molecule has 19 heavy (non-hydrogen) atoms. The van der Waals surface area contributed by atoms with Crippen molar-refractivity contribution in [1.82, 2.24) is 15.1 Å². The normalized spacial score (nSPS) is 10.4. The Labute approximate surface area is 108 Å². The van der Waals surface area contributed by atoms with Crippen molar-refractivity contribution in [3.8, 4) is 0 Å². The van der Waals surface area contributed by atoms with Gasteiger partial charge in [-0.15, -0.1) is 0 Å². The number of aromatic nitrogens is 2. The van der Waals surface area contributed by atoms with Gasteiger partial charge in [0.1, 0.15) is 11.4 Å². The minimum Gasteiger partial charge on any atom is -0.396 e. The summed E-state index contributed by atoms with van der Waals surface area (Å²) in [5, 5.41) is 6.34. The maximum atomic E-state index is 13.6. The largest absolute Gasteiger partial charge is 0.396 e. The van der Waals surface area contributed by atoms with E-state index in [9.17, 15) is 13.6 Å². The van der Waals surface area contributed by atoms with Crippen LogP contribution in [0.4, 0.5) is 14.5 Å². The Hall–Kier alpha value is -2.44. The Morgan fingerprint density at radius 2 is 2.21 bits per heavy atom. The third-order valence-electron chi connectivity index (χ3n) is 2.53. The lowest BCUT2D eigenvalue weighted by Crippen LogP contribution is -2.29. The number of hydrogen-bond acceptors (Lipinski definition) is 3. The van der Waals surface area contributed by atoms with Crippen molar-refractivity contribution in [2.75, 3.05) is 12.3 Å². The van der Waals surface area contributed by atoms with Gasteiger partial charge >= 0.3 is 0 Å². The molecule has 0 fully saturated rings. The molecule has 0 atom stereocenters. The summed E-state index contributed by atoms with van der Waals surface area (Å²) in [5.41, 5.74) is 4.37. The van der Waals surface area contributed by atoms with Crippen molar-refractivity contribution in [3.05, 3.63) is 47.8 Å². The quantitative estimate of drug-likeness (QED) is 0.816. The lowest BCUT2D eigenvalue weighted by molar-refractivity contribution is 0.0943. The zero-order chi connectivity index (χ0) is 13.8. The number of carbonyl (C=O) groups excluding carboxylic acids is 1. The first-order valence-electron chi connectivity index (χ1n) is 5.58. The summed E-state index contributed by atoms with van der Waals surface area (Å²) < 4.78 is 28.6. The maximum absolute atomic E-state index is 13.6. The molecule has 0 spiro atoms. The van der Waals surface area contributed by atoms with Crippen LogP contribution in [0.15, 0.2) is 30.6 Å². The Kier molecular flexibility index (Phi) is 3.74. The fourth-order valence-corrected chi connectivity index (χ4v) is 1.58. The molecule has 1 aromatic heterocycles. The second-order valence-electron chi connectivity index (χ2n) is 3.85. The summed E-state index contributed by atoms with van der Waals surface area (Å²) in [7, 11) is 0. The van der Waals surface area contributed by atoms with E-state index in [4.69, 9.17) is 5.73 Å². The number of rotatable bonds is 4. The van der Waals surface area contributed by atoms with Gasteiger partial charge in [0.15, 0.2) is 5.82 Å². The number of halogens is 2. The van der Waals surface area contributed by atoms with Gasteiger partial charge in [-0.2, -0.15) is 5.10 Å². The summed E-state index contributed by atoms with van der Waals surface area (Å²) in [5.74, 6) is -2.82. The minimum absolute atomic E-state index is 0.203. The maximum Gasteiger partial charge on any atom is 0.257 e. The number of nitrogens with two attached hydrogens (primary N) is 1. The van der Waals surface area contributed by atoms with Crippen LogP contribution in [-0.4, -0.2) is 22.2 Å². The molecule has 1 amide bonds. The van der Waals surface area contributed by atoms with E-state index in [2.05, 4.69) is 10.4 Å². The van der Waals surface area contributed by atoms with Crippen LogP contribution in [-0.2, 0) is 6.54 Å². The zero-order valence-corrected chi connectivity index (χ0v) is 9.94. The third kappa shape index (κ3) is 2.87. The van der Waals surface area contributed by atoms with E-state index in [0.29, 0.717) is 6.54 Å². The highest BCUT2D eigenvalue weighted by molar-refractivity contribution is 5.95. The monoisotopic (exact) mass is 266 g/mol. The van der Waals surface area contributed by atoms with Crippen LogP contribution >= 0.6 is 0 Å². The third-order valence-corrected chi connectivity index (χ3v) is 2.53. The molecule has 0 radical (unpaired) electrons. The van der Waals surface area contributed by atoms with Gasteiger partial charge in [-0.1, -0.05) is 0 Å². The first-order chi connectivity index (χ1) is 9.09. The van der Waals surface area contributed by atoms with Gasteiger partial charge in [-0.3, -0.25) is 9.48 Å². The summed E-state index contributed by atoms with van der Waals surface area (Å²) in [6, 6.07) is 3.77. The van der Waals surface area contributed by atoms with E-state index >= 15 is 0 Å². The number of anilines is 1. The van der Waals surface area contributed by atoms with Crippen molar-refractivity contribution >= 4 is 11.6 Å². The molecule has 0 aliphatic rings. The molecule has 2 rings (SSSR count). The molecule has 0 saturated carbocycles. The molecular weight excluding hydrogens is 254 g/mol. The van der Waals surface area contributed by atoms with E-state index < -0.39 is 23.1 Å². The highest BCUT2D eigenvalue weighted by Crippen LogP contribution is 2.18. The number of hydrogen-bond donors (Lipinski definition) is 2. The average molecular weight is 266 g/mol. The van der Waals surface area contributed by atoms with Gasteiger partial charge in [0.2, 0.25) is 0 Å². The van der Waals surface area contributed by atoms with E-state index in [-0.39, 0.29) is 12.2 Å². The van der Waals surface area contributed by atoms with E-state index in [0.717, 1.165) is 12.1 Å². The van der Waals surface area contributed by atoms with E-state index in [1.807, 2.05) is 0 Å². The van der Waals surface area contributed by atoms with Crippen molar-refractivity contribution in [2.45, 2.75) is 6.54 Å². The lowest BCUT2D eigenvalue weighted by atomic mass is 10.1. The fourth-order valence-electron chi connectivity index (χ4n) is 1.58. The Morgan fingerprint density at radius 3 is 2.89 bits per heavy atom. The van der Waals surface area contributed by atoms with Gasteiger partial charge in [0.25, 0.3) is 5.91 Å². The predicted octanol–water partition coefficient (Wildman–Crippen LogP) is 1.17. The molecule has 100 valence electrons. The van der Waals surface area contributed by atoms with Crippen LogP contribution in [0.3, 0.4) is 0 Å². The van der Waals surface area contributed by atoms with Crippen LogP contribution in [0.5, 0.6) is 0 Å². The number of nitrogens with zero attached hydrogens (tertiary/aromatic N) is 2. The second kappa shape index (κ2) is 5.47. The molecular formula is C12H12F2N4O. The van der Waals surface area contributed by atoms with Crippen LogP contribution in [0.1, 0.15) is 10.4 Å². The van der Waals surface area contributed by atoms with E-state index in [1.54, 1.807) is 23.1 Å². The average Bonchev–Trinajstić information content (AvgIpc) is 2.87. The molecule has 0 aliphatic carbocycles. The molecule has 3 N–H and O–H groups in total. The summed E-state index contributed by atoms with van der Waals surface area (Å²) >= 11 is 0. The number of nitrogen functional groups attached to an aromatic ring is 1. The molecule has 0 aliphatic heterocycles. The lowest BCUT2D eigenvalue weighted by Gasteiger charge is -2.08. The minimum atomic E-state index is -1.04. The smallest absolute Gasteiger partial charge is 0.257 e. The van der Waals surface area contributed by atoms with E-state index in [1.165, 1.54) is 0 Å². The molecule has 1 heterocycles. The number of carbonyl (C=O) groups is 1. The first kappa shape index (κ1) is 13.0. The first-order valence-corrected chi connectivity index (χ1v) is 5.58. The van der Waals surface area contributed by atoms with Crippen LogP contribution in [0.2, 0.25) is 0 Å². The standard InChI is InChI=1S/C12H12F2N4O/c13-8-2-3-9(15)11(14)10(8)12(19)16-5-7-18-6-1-4-17-18/h1-4,6H,5,7,15H2,(H,16,19). The summed E-state index contributed by atoms with van der Waals surface area (Å²) in [4.78, 5) is 11.7. The number of nitrogens with one attached hydrogen (secondary N) is 1. The van der Waals surface area contributed by atoms with Crippen LogP contribution in [0.25, 0.3) is 0 Å². The topological polar surface area (TPSA) is 72.9 Å². The summed E-state index contributed by atoms with van der Waals surface area (Å²) in [6.07, 6.45) is 3.31. The highest BCUT2D eigenvalue weighted by Gasteiger charge is 2.19. The SMILES string of the molecule is Nc1ccc(F)c(C(=O)NCCn2cccn2)c1F. The van der Waals surface area contributed by atoms with Crippen LogP contribution < -0.4 is 11.1 Å². The van der Waals surface area contributed by atoms with Gasteiger partial charge in [-0.05, 0) is 18.2 Å². The molecule has 1 aromatic carbocycles. The Bertz CT molecular complexity index is 584. The second-order valence-corrected chi connectivity index (χ2v) is 3.85. The van der Waals surface area contributed by atoms with Crippen molar-refractivity contribution in [3.63, 3.8) is 0 Å². The Balaban J connectivity index is 2.02. The van der Waals surface area contributed by atoms with Gasteiger partial charge < -0.3 is 11.1 Å². The molecule has 2 aromatic rings. The van der Waals surface area contributed by atoms with Gasteiger partial charge in [-0.25, -0.2) is 8.78 Å². The predicted molar refractivity (Wildman–Crippen MR) is 65.3 cm³/mol. The van der Waals surface area contributed by atoms with Crippen molar-refractivity contribution < 1.29 is 13.6 Å². The fraction of sp³-hybridized carbons (Fsp3) is 0.167. The molecule has 7 heteroatoms. The highest BCUT2D eigenvalue weighted by atomic mass is 19.1.